The maximum Gasteiger partial charge on any atom is 0.416 e. The van der Waals surface area contributed by atoms with E-state index >= 15 is 0 Å². The number of hydrogen-bond acceptors (Lipinski definition) is 4. The summed E-state index contributed by atoms with van der Waals surface area (Å²) in [6, 6.07) is 10.1. The topological polar surface area (TPSA) is 92.4 Å². The molecule has 1 heterocycles. The Morgan fingerprint density at radius 3 is 2.41 bits per heavy atom. The smallest absolute Gasteiger partial charge is 0.416 e. The molecular formula is C24H22F4N2O4. The minimum absolute atomic E-state index is 0.179. The predicted octanol–water partition coefficient (Wildman–Crippen LogP) is 6.11. The predicted molar refractivity (Wildman–Crippen MR) is 115 cm³/mol. The third kappa shape index (κ3) is 6.21. The van der Waals surface area contributed by atoms with Crippen LogP contribution in [-0.2, 0) is 15.8 Å². The number of hydrogen-bond donors (Lipinski definition) is 2. The number of anilines is 1. The lowest BCUT2D eigenvalue weighted by molar-refractivity contribution is -0.137. The van der Waals surface area contributed by atoms with Gasteiger partial charge in [0.25, 0.3) is 6.47 Å². The zero-order chi connectivity index (χ0) is 24.7. The van der Waals surface area contributed by atoms with E-state index in [0.717, 1.165) is 41.7 Å². The van der Waals surface area contributed by atoms with Crippen molar-refractivity contribution >= 4 is 18.1 Å². The van der Waals surface area contributed by atoms with Crippen LogP contribution >= 0.6 is 0 Å². The number of amides is 1. The molecule has 180 valence electrons. The molecule has 2 unspecified atom stereocenters. The summed E-state index contributed by atoms with van der Waals surface area (Å²) in [5.41, 5.74) is 1.64. The van der Waals surface area contributed by atoms with E-state index in [4.69, 9.17) is 14.4 Å². The van der Waals surface area contributed by atoms with Gasteiger partial charge in [-0.05, 0) is 54.5 Å². The second kappa shape index (κ2) is 11.0. The lowest BCUT2D eigenvalue weighted by Crippen LogP contribution is -2.28. The molecule has 1 fully saturated rings. The number of halogens is 4. The maximum absolute atomic E-state index is 14.1. The molecule has 0 aliphatic heterocycles. The van der Waals surface area contributed by atoms with Gasteiger partial charge in [0, 0.05) is 11.5 Å². The molecule has 34 heavy (non-hydrogen) atoms. The van der Waals surface area contributed by atoms with Gasteiger partial charge in [0.2, 0.25) is 5.91 Å². The molecule has 1 aliphatic carbocycles. The third-order valence-corrected chi connectivity index (χ3v) is 5.75. The Balaban J connectivity index is 0.00000103. The van der Waals surface area contributed by atoms with Crippen LogP contribution in [0, 0.1) is 11.7 Å². The Morgan fingerprint density at radius 1 is 1.12 bits per heavy atom. The molecule has 4 rings (SSSR count). The van der Waals surface area contributed by atoms with Gasteiger partial charge in [-0.1, -0.05) is 35.8 Å². The number of carbonyl (C=O) groups is 2. The Bertz CT molecular complexity index is 1100. The molecule has 0 spiro atoms. The first-order valence-electron chi connectivity index (χ1n) is 10.5. The first kappa shape index (κ1) is 24.9. The number of nitrogens with one attached hydrogen (secondary N) is 1. The maximum atomic E-state index is 14.1. The van der Waals surface area contributed by atoms with Crippen LogP contribution in [0.1, 0.15) is 42.7 Å². The van der Waals surface area contributed by atoms with Crippen molar-refractivity contribution in [2.45, 2.75) is 37.8 Å². The van der Waals surface area contributed by atoms with Crippen molar-refractivity contribution in [1.82, 2.24) is 5.16 Å². The summed E-state index contributed by atoms with van der Waals surface area (Å²) in [6.07, 6.45) is 1.59. The molecule has 2 N–H and O–H groups in total. The molecule has 0 bridgehead atoms. The minimum atomic E-state index is -4.64. The molecule has 10 heteroatoms. The van der Waals surface area contributed by atoms with Crippen LogP contribution in [0.15, 0.2) is 59.4 Å². The van der Waals surface area contributed by atoms with E-state index in [2.05, 4.69) is 10.5 Å². The highest BCUT2D eigenvalue weighted by Crippen LogP contribution is 2.38. The second-order valence-electron chi connectivity index (χ2n) is 7.88. The summed E-state index contributed by atoms with van der Waals surface area (Å²) in [7, 11) is 0. The Labute approximate surface area is 192 Å². The quantitative estimate of drug-likeness (QED) is 0.349. The van der Waals surface area contributed by atoms with Gasteiger partial charge < -0.3 is 14.9 Å². The van der Waals surface area contributed by atoms with E-state index in [9.17, 15) is 22.4 Å². The van der Waals surface area contributed by atoms with Gasteiger partial charge in [-0.25, -0.2) is 4.39 Å². The van der Waals surface area contributed by atoms with E-state index in [1.165, 1.54) is 0 Å². The van der Waals surface area contributed by atoms with Crippen LogP contribution in [0.2, 0.25) is 0 Å². The van der Waals surface area contributed by atoms with Gasteiger partial charge in [0.15, 0.2) is 0 Å². The summed E-state index contributed by atoms with van der Waals surface area (Å²) in [5.74, 6) is -1.62. The summed E-state index contributed by atoms with van der Waals surface area (Å²) in [6.45, 7) is -0.250. The fourth-order valence-corrected chi connectivity index (χ4v) is 4.05. The largest absolute Gasteiger partial charge is 0.483 e. The van der Waals surface area contributed by atoms with Gasteiger partial charge in [0.1, 0.15) is 12.1 Å². The summed E-state index contributed by atoms with van der Waals surface area (Å²) >= 11 is 0. The van der Waals surface area contributed by atoms with Crippen LogP contribution < -0.4 is 5.32 Å². The monoisotopic (exact) mass is 478 g/mol. The molecule has 1 amide bonds. The first-order chi connectivity index (χ1) is 16.2. The number of aromatic nitrogens is 1. The SMILES string of the molecule is O=C(Nc1ccc(C(F)(F)F)cc1F)C1CCCC(c2ccc(-c3cnoc3)cc2)C1.O=CO. The number of alkyl halides is 3. The van der Waals surface area contributed by atoms with E-state index < -0.39 is 17.6 Å². The Kier molecular flexibility index (Phi) is 8.04. The molecule has 6 nitrogen and oxygen atoms in total. The van der Waals surface area contributed by atoms with Crippen molar-refractivity contribution in [3.8, 4) is 11.1 Å². The fourth-order valence-electron chi connectivity index (χ4n) is 4.05. The average Bonchev–Trinajstić information content (AvgIpc) is 3.35. The van der Waals surface area contributed by atoms with Crippen LogP contribution in [0.4, 0.5) is 23.2 Å². The van der Waals surface area contributed by atoms with E-state index in [-0.39, 0.29) is 29.9 Å². The van der Waals surface area contributed by atoms with E-state index in [0.29, 0.717) is 18.9 Å². The van der Waals surface area contributed by atoms with Crippen molar-refractivity contribution in [2.24, 2.45) is 5.92 Å². The lowest BCUT2D eigenvalue weighted by Gasteiger charge is -2.29. The third-order valence-electron chi connectivity index (χ3n) is 5.75. The van der Waals surface area contributed by atoms with E-state index in [1.54, 1.807) is 12.5 Å². The molecule has 2 aromatic carbocycles. The first-order valence-corrected chi connectivity index (χ1v) is 10.5. The van der Waals surface area contributed by atoms with Crippen LogP contribution in [0.5, 0.6) is 0 Å². The fraction of sp³-hybridized carbons (Fsp3) is 0.292. The number of rotatable bonds is 4. The van der Waals surface area contributed by atoms with Crippen LogP contribution in [-0.4, -0.2) is 22.6 Å². The molecule has 1 aliphatic rings. The van der Waals surface area contributed by atoms with Crippen molar-refractivity contribution < 1.29 is 36.8 Å². The second-order valence-corrected chi connectivity index (χ2v) is 7.88. The molecule has 3 aromatic rings. The minimum Gasteiger partial charge on any atom is -0.483 e. The summed E-state index contributed by atoms with van der Waals surface area (Å²) in [5, 5.41) is 13.0. The highest BCUT2D eigenvalue weighted by molar-refractivity contribution is 5.92. The summed E-state index contributed by atoms with van der Waals surface area (Å²) in [4.78, 5) is 21.0. The van der Waals surface area contributed by atoms with Crippen molar-refractivity contribution in [2.75, 3.05) is 5.32 Å². The van der Waals surface area contributed by atoms with Gasteiger partial charge in [-0.2, -0.15) is 13.2 Å². The number of nitrogens with zero attached hydrogens (tertiary/aromatic N) is 1. The lowest BCUT2D eigenvalue weighted by atomic mass is 9.77. The number of benzene rings is 2. The van der Waals surface area contributed by atoms with Gasteiger partial charge in [0.05, 0.1) is 17.4 Å². The van der Waals surface area contributed by atoms with Gasteiger partial charge in [-0.3, -0.25) is 9.59 Å². The highest BCUT2D eigenvalue weighted by atomic mass is 19.4. The zero-order valence-corrected chi connectivity index (χ0v) is 17.9. The Morgan fingerprint density at radius 2 is 1.82 bits per heavy atom. The molecule has 1 saturated carbocycles. The average molecular weight is 478 g/mol. The van der Waals surface area contributed by atoms with Crippen molar-refractivity contribution in [1.29, 1.82) is 0 Å². The van der Waals surface area contributed by atoms with Gasteiger partial charge >= 0.3 is 6.18 Å². The molecule has 0 radical (unpaired) electrons. The van der Waals surface area contributed by atoms with Crippen molar-refractivity contribution in [3.05, 3.63) is 71.9 Å². The molecule has 0 saturated heterocycles. The van der Waals surface area contributed by atoms with Crippen LogP contribution in [0.3, 0.4) is 0 Å². The molecule has 1 aromatic heterocycles. The van der Waals surface area contributed by atoms with Crippen molar-refractivity contribution in [3.63, 3.8) is 0 Å². The highest BCUT2D eigenvalue weighted by Gasteiger charge is 2.32. The van der Waals surface area contributed by atoms with E-state index in [1.807, 2.05) is 24.3 Å². The zero-order valence-electron chi connectivity index (χ0n) is 17.9. The molecular weight excluding hydrogens is 456 g/mol. The Hall–Kier alpha value is -3.69. The summed E-state index contributed by atoms with van der Waals surface area (Å²) < 4.78 is 57.0. The molecule has 2 atom stereocenters. The van der Waals surface area contributed by atoms with Gasteiger partial charge in [-0.15, -0.1) is 0 Å². The normalized spacial score (nSPS) is 17.9. The van der Waals surface area contributed by atoms with Crippen LogP contribution in [0.25, 0.3) is 11.1 Å². The standard InChI is InChI=1S/C23H20F4N2O2.CH2O2/c24-20-11-19(23(25,26)27)8-9-21(20)29-22(30)17-3-1-2-16(10-17)14-4-6-15(7-5-14)18-12-28-31-13-18;2-1-3/h4-9,11-13,16-17H,1-3,10H2,(H,29,30);1H,(H,2,3). The number of carboxylic acid groups (broad SMARTS) is 1. The number of carbonyl (C=O) groups excluding carboxylic acids is 1.